The molecule has 0 spiro atoms. The van der Waals surface area contributed by atoms with Crippen LogP contribution in [0.15, 0.2) is 67.0 Å². The van der Waals surface area contributed by atoms with Crippen molar-refractivity contribution in [3.8, 4) is 0 Å². The highest BCUT2D eigenvalue weighted by atomic mass is 15.4. The van der Waals surface area contributed by atoms with E-state index in [0.29, 0.717) is 18.0 Å². The molecular weight excluding hydrogens is 280 g/mol. The lowest BCUT2D eigenvalue weighted by atomic mass is 9.99. The van der Waals surface area contributed by atoms with Crippen LogP contribution in [0, 0.1) is 5.92 Å². The zero-order valence-corrected chi connectivity index (χ0v) is 14.5. The molecule has 1 aliphatic rings. The average molecular weight is 306 g/mol. The van der Waals surface area contributed by atoms with Crippen LogP contribution in [0.5, 0.6) is 0 Å². The van der Waals surface area contributed by atoms with Gasteiger partial charge in [0.15, 0.2) is 0 Å². The number of para-hydroxylation sites is 2. The van der Waals surface area contributed by atoms with Crippen molar-refractivity contribution in [3.63, 3.8) is 0 Å². The normalized spacial score (nSPS) is 17.6. The number of hydrogen-bond donors (Lipinski definition) is 0. The quantitative estimate of drug-likeness (QED) is 0.726. The highest BCUT2D eigenvalue weighted by Crippen LogP contribution is 2.36. The van der Waals surface area contributed by atoms with Gasteiger partial charge in [-0.3, -0.25) is 0 Å². The molecule has 1 unspecified atom stereocenters. The van der Waals surface area contributed by atoms with Crippen molar-refractivity contribution in [1.82, 2.24) is 0 Å². The van der Waals surface area contributed by atoms with Gasteiger partial charge in [0, 0.05) is 23.8 Å². The van der Waals surface area contributed by atoms with E-state index in [1.165, 1.54) is 16.9 Å². The van der Waals surface area contributed by atoms with Gasteiger partial charge in [-0.25, -0.2) is 0 Å². The Balaban J connectivity index is 2.00. The molecule has 0 amide bonds. The standard InChI is InChI=1S/C21H26N2/c1-16(2)19-12-8-9-13-20(19)23-15-14-22(21(23)17(3)4)18-10-6-5-7-11-18/h5-17,21H,1-4H3. The maximum absolute atomic E-state index is 2.42. The monoisotopic (exact) mass is 306 g/mol. The largest absolute Gasteiger partial charge is 0.325 e. The molecule has 2 nitrogen and oxygen atoms in total. The minimum atomic E-state index is 0.303. The van der Waals surface area contributed by atoms with E-state index in [9.17, 15) is 0 Å². The van der Waals surface area contributed by atoms with Crippen LogP contribution in [0.4, 0.5) is 11.4 Å². The molecule has 3 rings (SSSR count). The molecule has 0 saturated carbocycles. The van der Waals surface area contributed by atoms with E-state index in [2.05, 4.69) is 104 Å². The summed E-state index contributed by atoms with van der Waals surface area (Å²) in [7, 11) is 0. The summed E-state index contributed by atoms with van der Waals surface area (Å²) in [5.41, 5.74) is 3.96. The summed E-state index contributed by atoms with van der Waals surface area (Å²) in [5.74, 6) is 1.02. The Morgan fingerprint density at radius 2 is 1.35 bits per heavy atom. The lowest BCUT2D eigenvalue weighted by Crippen LogP contribution is -2.43. The molecule has 2 heteroatoms. The van der Waals surface area contributed by atoms with Crippen LogP contribution in [-0.2, 0) is 0 Å². The lowest BCUT2D eigenvalue weighted by Gasteiger charge is -2.37. The number of rotatable bonds is 4. The summed E-state index contributed by atoms with van der Waals surface area (Å²) < 4.78 is 0. The Morgan fingerprint density at radius 3 is 2.00 bits per heavy atom. The van der Waals surface area contributed by atoms with Crippen LogP contribution >= 0.6 is 0 Å². The molecular formula is C21H26N2. The molecule has 23 heavy (non-hydrogen) atoms. The Kier molecular flexibility index (Phi) is 4.42. The molecule has 1 aliphatic heterocycles. The summed E-state index contributed by atoms with van der Waals surface area (Å²) in [6.45, 7) is 9.10. The fraction of sp³-hybridized carbons (Fsp3) is 0.333. The second-order valence-corrected chi connectivity index (χ2v) is 6.82. The first-order valence-electron chi connectivity index (χ1n) is 8.48. The van der Waals surface area contributed by atoms with Crippen LogP contribution in [-0.4, -0.2) is 6.17 Å². The molecule has 0 radical (unpaired) electrons. The molecule has 2 aromatic rings. The SMILES string of the molecule is CC(C)c1ccccc1N1C=CN(c2ccccc2)C1C(C)C. The zero-order valence-electron chi connectivity index (χ0n) is 14.5. The van der Waals surface area contributed by atoms with E-state index in [-0.39, 0.29) is 0 Å². The Hall–Kier alpha value is -2.22. The maximum Gasteiger partial charge on any atom is 0.112 e. The highest BCUT2D eigenvalue weighted by Gasteiger charge is 2.32. The molecule has 0 bridgehead atoms. The Labute approximate surface area is 140 Å². The number of anilines is 2. The van der Waals surface area contributed by atoms with E-state index in [0.717, 1.165) is 0 Å². The van der Waals surface area contributed by atoms with Crippen LogP contribution in [0.25, 0.3) is 0 Å². The fourth-order valence-electron chi connectivity index (χ4n) is 3.37. The molecule has 0 N–H and O–H groups in total. The summed E-state index contributed by atoms with van der Waals surface area (Å²) in [5, 5.41) is 0. The maximum atomic E-state index is 2.42. The van der Waals surface area contributed by atoms with Crippen molar-refractivity contribution in [2.45, 2.75) is 39.8 Å². The summed E-state index contributed by atoms with van der Waals surface area (Å²) >= 11 is 0. The summed E-state index contributed by atoms with van der Waals surface area (Å²) in [4.78, 5) is 4.80. The lowest BCUT2D eigenvalue weighted by molar-refractivity contribution is 0.500. The van der Waals surface area contributed by atoms with Gasteiger partial charge >= 0.3 is 0 Å². The van der Waals surface area contributed by atoms with E-state index in [1.54, 1.807) is 0 Å². The summed E-state index contributed by atoms with van der Waals surface area (Å²) in [6.07, 6.45) is 4.73. The number of nitrogens with zero attached hydrogens (tertiary/aromatic N) is 2. The smallest absolute Gasteiger partial charge is 0.112 e. The average Bonchev–Trinajstić information content (AvgIpc) is 3.00. The third-order valence-electron chi connectivity index (χ3n) is 4.45. The van der Waals surface area contributed by atoms with Gasteiger partial charge in [-0.15, -0.1) is 0 Å². The van der Waals surface area contributed by atoms with Crippen LogP contribution in [0.1, 0.15) is 39.2 Å². The van der Waals surface area contributed by atoms with Gasteiger partial charge in [0.25, 0.3) is 0 Å². The predicted molar refractivity (Wildman–Crippen MR) is 99.7 cm³/mol. The highest BCUT2D eigenvalue weighted by molar-refractivity contribution is 5.64. The van der Waals surface area contributed by atoms with Gasteiger partial charge in [-0.1, -0.05) is 64.1 Å². The molecule has 0 saturated heterocycles. The fourth-order valence-corrected chi connectivity index (χ4v) is 3.37. The number of benzene rings is 2. The topological polar surface area (TPSA) is 6.48 Å². The van der Waals surface area contributed by atoms with Crippen molar-refractivity contribution >= 4 is 11.4 Å². The zero-order chi connectivity index (χ0) is 16.4. The van der Waals surface area contributed by atoms with E-state index in [1.807, 2.05) is 0 Å². The second-order valence-electron chi connectivity index (χ2n) is 6.82. The van der Waals surface area contributed by atoms with Gasteiger partial charge in [-0.05, 0) is 35.6 Å². The van der Waals surface area contributed by atoms with Crippen molar-refractivity contribution < 1.29 is 0 Å². The Bertz CT molecular complexity index is 673. The Morgan fingerprint density at radius 1 is 0.739 bits per heavy atom. The molecule has 0 fully saturated rings. The molecule has 2 aromatic carbocycles. The third-order valence-corrected chi connectivity index (χ3v) is 4.45. The van der Waals surface area contributed by atoms with Crippen LogP contribution in [0.3, 0.4) is 0 Å². The van der Waals surface area contributed by atoms with Crippen molar-refractivity contribution in [2.24, 2.45) is 5.92 Å². The van der Waals surface area contributed by atoms with E-state index < -0.39 is 0 Å². The first-order valence-corrected chi connectivity index (χ1v) is 8.48. The van der Waals surface area contributed by atoms with Gasteiger partial charge < -0.3 is 9.80 Å². The second kappa shape index (κ2) is 6.49. The minimum Gasteiger partial charge on any atom is -0.325 e. The molecule has 0 aromatic heterocycles. The van der Waals surface area contributed by atoms with E-state index in [4.69, 9.17) is 0 Å². The molecule has 1 atom stereocenters. The third kappa shape index (κ3) is 2.98. The van der Waals surface area contributed by atoms with Gasteiger partial charge in [0.05, 0.1) is 0 Å². The predicted octanol–water partition coefficient (Wildman–Crippen LogP) is 5.59. The van der Waals surface area contributed by atoms with Crippen molar-refractivity contribution in [2.75, 3.05) is 9.80 Å². The van der Waals surface area contributed by atoms with E-state index >= 15 is 0 Å². The molecule has 0 aliphatic carbocycles. The van der Waals surface area contributed by atoms with Gasteiger partial charge in [0.1, 0.15) is 6.17 Å². The van der Waals surface area contributed by atoms with Crippen molar-refractivity contribution in [1.29, 1.82) is 0 Å². The van der Waals surface area contributed by atoms with Gasteiger partial charge in [-0.2, -0.15) is 0 Å². The van der Waals surface area contributed by atoms with Crippen molar-refractivity contribution in [3.05, 3.63) is 72.6 Å². The minimum absolute atomic E-state index is 0.303. The first-order chi connectivity index (χ1) is 11.1. The molecule has 120 valence electrons. The van der Waals surface area contributed by atoms with Gasteiger partial charge in [0.2, 0.25) is 0 Å². The molecule has 1 heterocycles. The van der Waals surface area contributed by atoms with Crippen LogP contribution in [0.2, 0.25) is 0 Å². The first kappa shape index (κ1) is 15.7. The number of hydrogen-bond acceptors (Lipinski definition) is 2. The summed E-state index contributed by atoms with van der Waals surface area (Å²) in [6, 6.07) is 19.4. The van der Waals surface area contributed by atoms with Crippen LogP contribution < -0.4 is 9.80 Å².